The van der Waals surface area contributed by atoms with Crippen LogP contribution in [0.5, 0.6) is 0 Å². The van der Waals surface area contributed by atoms with Crippen molar-refractivity contribution in [1.82, 2.24) is 20.3 Å². The normalized spacial score (nSPS) is 23.5. The van der Waals surface area contributed by atoms with Crippen LogP contribution < -0.4 is 21.3 Å². The van der Waals surface area contributed by atoms with Crippen LogP contribution in [0.4, 0.5) is 10.2 Å². The van der Waals surface area contributed by atoms with Gasteiger partial charge in [0.25, 0.3) is 0 Å². The van der Waals surface area contributed by atoms with E-state index in [2.05, 4.69) is 36.7 Å². The van der Waals surface area contributed by atoms with Gasteiger partial charge >= 0.3 is 0 Å². The van der Waals surface area contributed by atoms with E-state index >= 15 is 0 Å². The highest BCUT2D eigenvalue weighted by molar-refractivity contribution is 5.79. The molecule has 0 saturated heterocycles. The fourth-order valence-electron chi connectivity index (χ4n) is 5.07. The van der Waals surface area contributed by atoms with Crippen LogP contribution in [0.25, 0.3) is 17.5 Å². The molecule has 5 rings (SSSR count). The van der Waals surface area contributed by atoms with Gasteiger partial charge in [0, 0.05) is 41.5 Å². The molecule has 31 heavy (non-hydrogen) atoms. The van der Waals surface area contributed by atoms with Crippen LogP contribution in [0, 0.1) is 11.7 Å². The summed E-state index contributed by atoms with van der Waals surface area (Å²) in [5, 5.41) is 7.51. The van der Waals surface area contributed by atoms with Gasteiger partial charge in [0.05, 0.1) is 6.20 Å². The fourth-order valence-corrected chi connectivity index (χ4v) is 5.07. The number of hydrogen-bond acceptors (Lipinski definition) is 5. The van der Waals surface area contributed by atoms with Crippen molar-refractivity contribution in [1.29, 1.82) is 0 Å². The molecule has 0 spiro atoms. The van der Waals surface area contributed by atoms with Gasteiger partial charge in [-0.05, 0) is 32.1 Å². The number of carbonyl (C=O) groups excluding carboxylic acids is 1. The molecule has 0 bridgehead atoms. The quantitative estimate of drug-likeness (QED) is 0.687. The molecule has 7 nitrogen and oxygen atoms in total. The molecule has 0 radical (unpaired) electrons. The SMILES string of the molecule is O=C(N[C@@H]1CCCC[C@H]1Nc1nc(-c2c[nH]c3c2=CCCN=3)ncc1F)C1CCCC1. The number of hydrogen-bond donors (Lipinski definition) is 3. The molecule has 2 atom stereocenters. The number of carbonyl (C=O) groups is 1. The van der Waals surface area contributed by atoms with Crippen molar-refractivity contribution in [2.24, 2.45) is 10.9 Å². The van der Waals surface area contributed by atoms with E-state index in [9.17, 15) is 9.18 Å². The number of amides is 1. The molecule has 2 aromatic heterocycles. The maximum absolute atomic E-state index is 14.6. The standard InChI is InChI=1S/C23H29FN6O/c24-17-13-27-21(16-12-26-20-15(16)8-5-11-25-20)30-22(17)28-18-9-3-4-10-19(18)29-23(31)14-6-1-2-7-14/h8,12-14,18-19H,1-7,9-11H2,(H,25,26)(H,29,31)(H,27,28,30)/t18-,19-/m1/s1. The summed E-state index contributed by atoms with van der Waals surface area (Å²) in [6.07, 6.45) is 14.2. The smallest absolute Gasteiger partial charge is 0.223 e. The minimum atomic E-state index is -0.478. The number of nitrogens with zero attached hydrogens (tertiary/aromatic N) is 3. The van der Waals surface area contributed by atoms with Crippen LogP contribution in [0.3, 0.4) is 0 Å². The first kappa shape index (κ1) is 20.2. The average molecular weight is 425 g/mol. The number of H-pyrrole nitrogens is 1. The zero-order valence-corrected chi connectivity index (χ0v) is 17.7. The van der Waals surface area contributed by atoms with Crippen molar-refractivity contribution >= 4 is 17.8 Å². The molecule has 2 aliphatic carbocycles. The van der Waals surface area contributed by atoms with Crippen LogP contribution in [0.15, 0.2) is 17.4 Å². The Bertz CT molecular complexity index is 1070. The third-order valence-electron chi connectivity index (χ3n) is 6.77. The largest absolute Gasteiger partial charge is 0.363 e. The lowest BCUT2D eigenvalue weighted by molar-refractivity contribution is -0.125. The first-order chi connectivity index (χ1) is 15.2. The van der Waals surface area contributed by atoms with E-state index in [4.69, 9.17) is 0 Å². The van der Waals surface area contributed by atoms with Gasteiger partial charge in [-0.2, -0.15) is 0 Å². The first-order valence-electron chi connectivity index (χ1n) is 11.5. The number of anilines is 1. The Labute approximate surface area is 180 Å². The minimum Gasteiger partial charge on any atom is -0.363 e. The molecule has 3 heterocycles. The van der Waals surface area contributed by atoms with E-state index in [1.54, 1.807) is 0 Å². The number of aromatic amines is 1. The van der Waals surface area contributed by atoms with Crippen molar-refractivity contribution < 1.29 is 9.18 Å². The van der Waals surface area contributed by atoms with Gasteiger partial charge in [-0.15, -0.1) is 0 Å². The summed E-state index contributed by atoms with van der Waals surface area (Å²) in [7, 11) is 0. The third kappa shape index (κ3) is 4.20. The Morgan fingerprint density at radius 1 is 1.10 bits per heavy atom. The summed E-state index contributed by atoms with van der Waals surface area (Å²) >= 11 is 0. The fraction of sp³-hybridized carbons (Fsp3) is 0.565. The minimum absolute atomic E-state index is 0.00758. The molecule has 0 aromatic carbocycles. The molecule has 8 heteroatoms. The van der Waals surface area contributed by atoms with E-state index in [0.29, 0.717) is 5.82 Å². The van der Waals surface area contributed by atoms with Gasteiger partial charge in [-0.1, -0.05) is 31.8 Å². The topological polar surface area (TPSA) is 95.1 Å². The highest BCUT2D eigenvalue weighted by atomic mass is 19.1. The van der Waals surface area contributed by atoms with Crippen molar-refractivity contribution in [3.05, 3.63) is 28.9 Å². The van der Waals surface area contributed by atoms with Gasteiger partial charge in [-0.3, -0.25) is 9.79 Å². The summed E-state index contributed by atoms with van der Waals surface area (Å²) in [5.41, 5.74) is 1.65. The summed E-state index contributed by atoms with van der Waals surface area (Å²) in [6, 6.07) is -0.0510. The van der Waals surface area contributed by atoms with Crippen LogP contribution in [0.1, 0.15) is 57.8 Å². The Hall–Kier alpha value is -2.77. The van der Waals surface area contributed by atoms with E-state index in [0.717, 1.165) is 80.6 Å². The molecule has 164 valence electrons. The van der Waals surface area contributed by atoms with Gasteiger partial charge in [0.2, 0.25) is 5.91 Å². The summed E-state index contributed by atoms with van der Waals surface area (Å²) in [6.45, 7) is 0.764. The molecule has 1 aliphatic heterocycles. The van der Waals surface area contributed by atoms with E-state index in [1.165, 1.54) is 6.20 Å². The van der Waals surface area contributed by atoms with Crippen LogP contribution in [-0.2, 0) is 4.79 Å². The number of rotatable bonds is 5. The van der Waals surface area contributed by atoms with Crippen molar-refractivity contribution in [3.8, 4) is 11.4 Å². The number of halogens is 1. The second kappa shape index (κ2) is 8.77. The van der Waals surface area contributed by atoms with Gasteiger partial charge in [-0.25, -0.2) is 14.4 Å². The Morgan fingerprint density at radius 2 is 1.87 bits per heavy atom. The van der Waals surface area contributed by atoms with E-state index in [-0.39, 0.29) is 29.7 Å². The maximum atomic E-state index is 14.6. The zero-order valence-electron chi connectivity index (χ0n) is 17.7. The molecule has 3 aliphatic rings. The Kier molecular flexibility index (Phi) is 5.70. The zero-order chi connectivity index (χ0) is 21.2. The molecule has 2 fully saturated rings. The van der Waals surface area contributed by atoms with E-state index < -0.39 is 5.82 Å². The van der Waals surface area contributed by atoms with Crippen LogP contribution >= 0.6 is 0 Å². The monoisotopic (exact) mass is 424 g/mol. The summed E-state index contributed by atoms with van der Waals surface area (Å²) in [4.78, 5) is 29.0. The molecule has 1 amide bonds. The molecule has 3 N–H and O–H groups in total. The molecule has 2 saturated carbocycles. The lowest BCUT2D eigenvalue weighted by Crippen LogP contribution is -2.50. The number of nitrogens with one attached hydrogen (secondary N) is 3. The summed E-state index contributed by atoms with van der Waals surface area (Å²) < 4.78 is 14.6. The maximum Gasteiger partial charge on any atom is 0.223 e. The van der Waals surface area contributed by atoms with Crippen LogP contribution in [0.2, 0.25) is 0 Å². The summed E-state index contributed by atoms with van der Waals surface area (Å²) in [5.74, 6) is 0.467. The molecule has 0 unspecified atom stereocenters. The average Bonchev–Trinajstić information content (AvgIpc) is 3.47. The second-order valence-electron chi connectivity index (χ2n) is 8.86. The predicted molar refractivity (Wildman–Crippen MR) is 116 cm³/mol. The van der Waals surface area contributed by atoms with Gasteiger partial charge < -0.3 is 15.6 Å². The Balaban J connectivity index is 1.36. The van der Waals surface area contributed by atoms with Crippen molar-refractivity contribution in [2.75, 3.05) is 11.9 Å². The number of aromatic nitrogens is 3. The van der Waals surface area contributed by atoms with Crippen molar-refractivity contribution in [3.63, 3.8) is 0 Å². The van der Waals surface area contributed by atoms with Gasteiger partial charge in [0.15, 0.2) is 17.5 Å². The lowest BCUT2D eigenvalue weighted by atomic mass is 9.89. The van der Waals surface area contributed by atoms with E-state index in [1.807, 2.05) is 6.20 Å². The van der Waals surface area contributed by atoms with Crippen molar-refractivity contribution in [2.45, 2.75) is 69.9 Å². The Morgan fingerprint density at radius 3 is 2.71 bits per heavy atom. The second-order valence-corrected chi connectivity index (χ2v) is 8.86. The van der Waals surface area contributed by atoms with Gasteiger partial charge in [0.1, 0.15) is 5.49 Å². The molecular formula is C23H29FN6O. The molecular weight excluding hydrogens is 395 g/mol. The lowest BCUT2D eigenvalue weighted by Gasteiger charge is -2.34. The third-order valence-corrected chi connectivity index (χ3v) is 6.77. The predicted octanol–water partition coefficient (Wildman–Crippen LogP) is 2.44. The highest BCUT2D eigenvalue weighted by Crippen LogP contribution is 2.27. The molecule has 2 aromatic rings. The van der Waals surface area contributed by atoms with Crippen LogP contribution in [-0.4, -0.2) is 39.5 Å². The number of fused-ring (bicyclic) bond motifs is 1. The highest BCUT2D eigenvalue weighted by Gasteiger charge is 2.31. The first-order valence-corrected chi connectivity index (χ1v) is 11.5.